The summed E-state index contributed by atoms with van der Waals surface area (Å²) >= 11 is 1.30. The Kier molecular flexibility index (Phi) is 5.78. The van der Waals surface area contributed by atoms with Crippen LogP contribution < -0.4 is 10.1 Å². The van der Waals surface area contributed by atoms with E-state index in [-0.39, 0.29) is 16.7 Å². The lowest BCUT2D eigenvalue weighted by atomic mass is 10.2. The number of rotatable bonds is 6. The zero-order chi connectivity index (χ0) is 19.6. The van der Waals surface area contributed by atoms with Gasteiger partial charge in [0.05, 0.1) is 12.0 Å². The van der Waals surface area contributed by atoms with E-state index in [0.717, 1.165) is 5.01 Å². The number of benzene rings is 1. The number of hydrogen-bond acceptors (Lipinski definition) is 7. The second kappa shape index (κ2) is 7.91. The molecule has 2 aromatic rings. The van der Waals surface area contributed by atoms with Crippen molar-refractivity contribution < 1.29 is 17.9 Å². The molecule has 27 heavy (non-hydrogen) atoms. The number of aromatic nitrogens is 2. The summed E-state index contributed by atoms with van der Waals surface area (Å²) in [6.45, 7) is 4.29. The van der Waals surface area contributed by atoms with E-state index in [0.29, 0.717) is 30.3 Å². The molecule has 0 unspecified atom stereocenters. The fourth-order valence-corrected chi connectivity index (χ4v) is 5.29. The van der Waals surface area contributed by atoms with Crippen LogP contribution in [0.25, 0.3) is 0 Å². The Morgan fingerprint density at radius 1 is 1.30 bits per heavy atom. The van der Waals surface area contributed by atoms with Crippen molar-refractivity contribution in [1.82, 2.24) is 14.5 Å². The molecule has 0 saturated carbocycles. The van der Waals surface area contributed by atoms with Crippen LogP contribution in [0.2, 0.25) is 0 Å². The fourth-order valence-electron chi connectivity index (χ4n) is 2.88. The summed E-state index contributed by atoms with van der Waals surface area (Å²) in [4.78, 5) is 12.8. The van der Waals surface area contributed by atoms with Crippen molar-refractivity contribution in [2.24, 2.45) is 0 Å². The molecule has 1 aromatic heterocycles. The highest BCUT2D eigenvalue weighted by molar-refractivity contribution is 7.89. The Morgan fingerprint density at radius 3 is 2.59 bits per heavy atom. The van der Waals surface area contributed by atoms with Crippen LogP contribution in [0.3, 0.4) is 0 Å². The maximum atomic E-state index is 13.0. The number of nitrogens with one attached hydrogen (secondary N) is 1. The zero-order valence-electron chi connectivity index (χ0n) is 15.4. The van der Waals surface area contributed by atoms with Crippen LogP contribution in [0, 0.1) is 0 Å². The van der Waals surface area contributed by atoms with E-state index in [1.807, 2.05) is 13.8 Å². The number of nitrogens with zero attached hydrogens (tertiary/aromatic N) is 3. The molecular formula is C17H22N4O4S2. The first-order chi connectivity index (χ1) is 12.8. The molecule has 0 spiro atoms. The van der Waals surface area contributed by atoms with Crippen molar-refractivity contribution in [2.75, 3.05) is 19.0 Å². The van der Waals surface area contributed by atoms with Gasteiger partial charge in [-0.2, -0.15) is 4.31 Å². The predicted molar refractivity (Wildman–Crippen MR) is 103 cm³/mol. The highest BCUT2D eigenvalue weighted by atomic mass is 32.2. The molecule has 8 nitrogen and oxygen atoms in total. The molecule has 1 atom stereocenters. The van der Waals surface area contributed by atoms with Crippen molar-refractivity contribution in [3.8, 4) is 5.75 Å². The molecule has 0 radical (unpaired) electrons. The SMILES string of the molecule is COc1ccc(S(=O)(=O)N2CCC[C@H]2C(=O)Nc2nnc(C(C)C)s2)cc1. The molecule has 1 aliphatic rings. The number of ether oxygens (including phenoxy) is 1. The molecule has 0 bridgehead atoms. The summed E-state index contributed by atoms with van der Waals surface area (Å²) in [5.41, 5.74) is 0. The molecule has 1 aliphatic heterocycles. The van der Waals surface area contributed by atoms with Gasteiger partial charge in [0.2, 0.25) is 21.1 Å². The van der Waals surface area contributed by atoms with Crippen molar-refractivity contribution in [2.45, 2.75) is 43.5 Å². The second-order valence-corrected chi connectivity index (χ2v) is 9.44. The summed E-state index contributed by atoms with van der Waals surface area (Å²) in [7, 11) is -2.26. The minimum absolute atomic E-state index is 0.140. The number of hydrogen-bond donors (Lipinski definition) is 1. The Labute approximate surface area is 162 Å². The molecule has 1 saturated heterocycles. The molecule has 2 heterocycles. The lowest BCUT2D eigenvalue weighted by Crippen LogP contribution is -2.43. The van der Waals surface area contributed by atoms with Crippen LogP contribution in [-0.4, -0.2) is 48.5 Å². The van der Waals surface area contributed by atoms with Gasteiger partial charge in [0.25, 0.3) is 0 Å². The van der Waals surface area contributed by atoms with Gasteiger partial charge in [-0.05, 0) is 37.1 Å². The standard InChI is InChI=1S/C17H22N4O4S2/c1-11(2)16-19-20-17(26-16)18-15(22)14-5-4-10-21(14)27(23,24)13-8-6-12(25-3)7-9-13/h6-9,11,14H,4-5,10H2,1-3H3,(H,18,20,22)/t14-/m0/s1. The van der Waals surface area contributed by atoms with Gasteiger partial charge < -0.3 is 4.74 Å². The van der Waals surface area contributed by atoms with E-state index in [1.165, 1.54) is 34.9 Å². The van der Waals surface area contributed by atoms with E-state index in [2.05, 4.69) is 15.5 Å². The summed E-state index contributed by atoms with van der Waals surface area (Å²) in [5.74, 6) is 0.407. The van der Waals surface area contributed by atoms with Crippen LogP contribution in [0.5, 0.6) is 5.75 Å². The number of carbonyl (C=O) groups is 1. The van der Waals surface area contributed by atoms with Crippen LogP contribution in [-0.2, 0) is 14.8 Å². The lowest BCUT2D eigenvalue weighted by molar-refractivity contribution is -0.119. The first-order valence-electron chi connectivity index (χ1n) is 8.63. The molecule has 1 amide bonds. The van der Waals surface area contributed by atoms with Crippen molar-refractivity contribution in [3.63, 3.8) is 0 Å². The van der Waals surface area contributed by atoms with E-state index in [1.54, 1.807) is 12.1 Å². The first-order valence-corrected chi connectivity index (χ1v) is 10.9. The molecule has 10 heteroatoms. The van der Waals surface area contributed by atoms with Crippen molar-refractivity contribution >= 4 is 32.4 Å². The van der Waals surface area contributed by atoms with Gasteiger partial charge in [-0.15, -0.1) is 10.2 Å². The Hall–Kier alpha value is -2.04. The minimum atomic E-state index is -3.77. The molecule has 1 N–H and O–H groups in total. The van der Waals surface area contributed by atoms with Gasteiger partial charge in [0.1, 0.15) is 16.8 Å². The Balaban J connectivity index is 1.77. The largest absolute Gasteiger partial charge is 0.497 e. The average Bonchev–Trinajstić information content (AvgIpc) is 3.31. The number of amides is 1. The minimum Gasteiger partial charge on any atom is -0.497 e. The third-order valence-electron chi connectivity index (χ3n) is 4.34. The molecule has 1 aromatic carbocycles. The molecule has 3 rings (SSSR count). The van der Waals surface area contributed by atoms with Gasteiger partial charge >= 0.3 is 0 Å². The number of carbonyl (C=O) groups excluding carboxylic acids is 1. The molecule has 0 aliphatic carbocycles. The summed E-state index contributed by atoms with van der Waals surface area (Å²) in [6, 6.07) is 5.39. The van der Waals surface area contributed by atoms with E-state index < -0.39 is 16.1 Å². The maximum Gasteiger partial charge on any atom is 0.244 e. The number of methoxy groups -OCH3 is 1. The highest BCUT2D eigenvalue weighted by Gasteiger charge is 2.39. The zero-order valence-corrected chi connectivity index (χ0v) is 17.0. The van der Waals surface area contributed by atoms with E-state index in [4.69, 9.17) is 4.74 Å². The van der Waals surface area contributed by atoms with Gasteiger partial charge in [-0.1, -0.05) is 25.2 Å². The van der Waals surface area contributed by atoms with Crippen molar-refractivity contribution in [3.05, 3.63) is 29.3 Å². The van der Waals surface area contributed by atoms with Gasteiger partial charge in [0, 0.05) is 12.5 Å². The third-order valence-corrected chi connectivity index (χ3v) is 7.40. The quantitative estimate of drug-likeness (QED) is 0.785. The van der Waals surface area contributed by atoms with Gasteiger partial charge in [0.15, 0.2) is 0 Å². The van der Waals surface area contributed by atoms with E-state index >= 15 is 0 Å². The van der Waals surface area contributed by atoms with Crippen LogP contribution in [0.15, 0.2) is 29.2 Å². The summed E-state index contributed by atoms with van der Waals surface area (Å²) < 4.78 is 32.3. The normalized spacial score (nSPS) is 18.0. The smallest absolute Gasteiger partial charge is 0.244 e. The molecular weight excluding hydrogens is 388 g/mol. The lowest BCUT2D eigenvalue weighted by Gasteiger charge is -2.23. The average molecular weight is 411 g/mol. The Bertz CT molecular complexity index is 909. The number of sulfonamides is 1. The van der Waals surface area contributed by atoms with Crippen LogP contribution in [0.1, 0.15) is 37.6 Å². The number of anilines is 1. The fraction of sp³-hybridized carbons (Fsp3) is 0.471. The summed E-state index contributed by atoms with van der Waals surface area (Å²) in [5, 5.41) is 11.9. The highest BCUT2D eigenvalue weighted by Crippen LogP contribution is 2.29. The monoisotopic (exact) mass is 410 g/mol. The Morgan fingerprint density at radius 2 is 2.00 bits per heavy atom. The molecule has 1 fully saturated rings. The third kappa shape index (κ3) is 4.12. The van der Waals surface area contributed by atoms with Crippen LogP contribution >= 0.6 is 11.3 Å². The van der Waals surface area contributed by atoms with Gasteiger partial charge in [-0.3, -0.25) is 10.1 Å². The van der Waals surface area contributed by atoms with Crippen molar-refractivity contribution in [1.29, 1.82) is 0 Å². The predicted octanol–water partition coefficient (Wildman–Crippen LogP) is 2.46. The molecule has 146 valence electrons. The first kappa shape index (κ1) is 19.7. The second-order valence-electron chi connectivity index (χ2n) is 6.54. The topological polar surface area (TPSA) is 101 Å². The van der Waals surface area contributed by atoms with Gasteiger partial charge in [-0.25, -0.2) is 8.42 Å². The van der Waals surface area contributed by atoms with Crippen LogP contribution in [0.4, 0.5) is 5.13 Å². The van der Waals surface area contributed by atoms with E-state index in [9.17, 15) is 13.2 Å². The maximum absolute atomic E-state index is 13.0. The summed E-state index contributed by atoms with van der Waals surface area (Å²) in [6.07, 6.45) is 1.10.